The van der Waals surface area contributed by atoms with Crippen LogP contribution in [0.5, 0.6) is 0 Å². The first-order valence-electron chi connectivity index (χ1n) is 3.95. The summed E-state index contributed by atoms with van der Waals surface area (Å²) in [6.07, 6.45) is 2.77. The standard InChI is InChI=1S/C9H7N3O2/c13-10-5-7-3-1-2-4-8(7)9-6-14-12-11-9/h1-6,13H. The average Bonchev–Trinajstić information content (AvgIpc) is 2.72. The third-order valence-electron chi connectivity index (χ3n) is 1.79. The van der Waals surface area contributed by atoms with Crippen molar-refractivity contribution >= 4 is 6.21 Å². The van der Waals surface area contributed by atoms with Gasteiger partial charge in [0.25, 0.3) is 0 Å². The second kappa shape index (κ2) is 3.69. The molecule has 1 N–H and O–H groups in total. The van der Waals surface area contributed by atoms with Crippen LogP contribution in [-0.2, 0) is 0 Å². The summed E-state index contributed by atoms with van der Waals surface area (Å²) in [4.78, 5) is 0. The van der Waals surface area contributed by atoms with Gasteiger partial charge in [-0.1, -0.05) is 29.4 Å². The summed E-state index contributed by atoms with van der Waals surface area (Å²) in [5.74, 6) is 0. The molecule has 0 saturated carbocycles. The van der Waals surface area contributed by atoms with Gasteiger partial charge in [0.05, 0.1) is 6.21 Å². The minimum absolute atomic E-state index is 0.612. The van der Waals surface area contributed by atoms with Gasteiger partial charge in [-0.05, 0) is 0 Å². The van der Waals surface area contributed by atoms with Crippen molar-refractivity contribution < 1.29 is 9.73 Å². The van der Waals surface area contributed by atoms with Crippen LogP contribution in [0.15, 0.2) is 40.2 Å². The van der Waals surface area contributed by atoms with E-state index in [1.165, 1.54) is 12.5 Å². The molecule has 0 amide bonds. The minimum Gasteiger partial charge on any atom is -0.411 e. The maximum Gasteiger partial charge on any atom is 0.152 e. The number of nitrogens with zero attached hydrogens (tertiary/aromatic N) is 3. The Morgan fingerprint density at radius 2 is 2.21 bits per heavy atom. The van der Waals surface area contributed by atoms with Crippen LogP contribution in [-0.4, -0.2) is 21.8 Å². The summed E-state index contributed by atoms with van der Waals surface area (Å²) in [7, 11) is 0. The van der Waals surface area contributed by atoms with Gasteiger partial charge in [-0.15, -0.1) is 5.10 Å². The van der Waals surface area contributed by atoms with Gasteiger partial charge in [0.1, 0.15) is 5.69 Å². The van der Waals surface area contributed by atoms with Crippen LogP contribution >= 0.6 is 0 Å². The molecule has 0 unspecified atom stereocenters. The lowest BCUT2D eigenvalue weighted by Crippen LogP contribution is -1.87. The Labute approximate surface area is 79.7 Å². The number of benzene rings is 1. The number of rotatable bonds is 2. The molecule has 0 aliphatic heterocycles. The Morgan fingerprint density at radius 3 is 2.93 bits per heavy atom. The van der Waals surface area contributed by atoms with E-state index in [-0.39, 0.29) is 0 Å². The summed E-state index contributed by atoms with van der Waals surface area (Å²) in [6, 6.07) is 7.35. The fourth-order valence-corrected chi connectivity index (χ4v) is 1.19. The van der Waals surface area contributed by atoms with E-state index in [1.807, 2.05) is 24.3 Å². The van der Waals surface area contributed by atoms with E-state index in [0.717, 1.165) is 11.1 Å². The van der Waals surface area contributed by atoms with Crippen LogP contribution in [0.2, 0.25) is 0 Å². The van der Waals surface area contributed by atoms with Crippen molar-refractivity contribution in [3.63, 3.8) is 0 Å². The van der Waals surface area contributed by atoms with Crippen molar-refractivity contribution in [3.05, 3.63) is 36.1 Å². The van der Waals surface area contributed by atoms with Gasteiger partial charge in [-0.2, -0.15) is 0 Å². The fraction of sp³-hybridized carbons (Fsp3) is 0. The molecule has 0 aliphatic carbocycles. The van der Waals surface area contributed by atoms with Crippen LogP contribution in [0.25, 0.3) is 11.3 Å². The predicted octanol–water partition coefficient (Wildman–Crippen LogP) is 1.54. The molecule has 14 heavy (non-hydrogen) atoms. The lowest BCUT2D eigenvalue weighted by Gasteiger charge is -1.98. The van der Waals surface area contributed by atoms with Crippen LogP contribution in [0, 0.1) is 0 Å². The van der Waals surface area contributed by atoms with Crippen molar-refractivity contribution in [2.75, 3.05) is 0 Å². The molecule has 0 spiro atoms. The highest BCUT2D eigenvalue weighted by Crippen LogP contribution is 2.19. The monoisotopic (exact) mass is 189 g/mol. The zero-order chi connectivity index (χ0) is 9.80. The molecule has 5 nitrogen and oxygen atoms in total. The van der Waals surface area contributed by atoms with E-state index in [1.54, 1.807) is 0 Å². The Bertz CT molecular complexity index is 437. The highest BCUT2D eigenvalue weighted by Gasteiger charge is 2.05. The molecule has 0 saturated heterocycles. The average molecular weight is 189 g/mol. The van der Waals surface area contributed by atoms with Gasteiger partial charge >= 0.3 is 0 Å². The van der Waals surface area contributed by atoms with Gasteiger partial charge < -0.3 is 9.73 Å². The maximum absolute atomic E-state index is 8.45. The summed E-state index contributed by atoms with van der Waals surface area (Å²) in [6.45, 7) is 0. The topological polar surface area (TPSA) is 71.5 Å². The predicted molar refractivity (Wildman–Crippen MR) is 49.1 cm³/mol. The second-order valence-corrected chi connectivity index (χ2v) is 2.62. The quantitative estimate of drug-likeness (QED) is 0.442. The van der Waals surface area contributed by atoms with E-state index >= 15 is 0 Å². The number of hydrogen-bond acceptors (Lipinski definition) is 5. The molecule has 2 rings (SSSR count). The molecule has 0 atom stereocenters. The minimum atomic E-state index is 0.612. The van der Waals surface area contributed by atoms with Gasteiger partial charge in [0.15, 0.2) is 6.26 Å². The van der Waals surface area contributed by atoms with Crippen molar-refractivity contribution in [2.24, 2.45) is 5.16 Å². The lowest BCUT2D eigenvalue weighted by atomic mass is 10.1. The van der Waals surface area contributed by atoms with Crippen molar-refractivity contribution in [3.8, 4) is 11.3 Å². The molecule has 1 heterocycles. The smallest absolute Gasteiger partial charge is 0.152 e. The van der Waals surface area contributed by atoms with E-state index in [4.69, 9.17) is 5.21 Å². The lowest BCUT2D eigenvalue weighted by molar-refractivity contribution is 0.322. The maximum atomic E-state index is 8.45. The molecule has 1 aromatic heterocycles. The Balaban J connectivity index is 2.52. The second-order valence-electron chi connectivity index (χ2n) is 2.62. The Kier molecular flexibility index (Phi) is 2.22. The molecule has 70 valence electrons. The molecule has 0 fully saturated rings. The van der Waals surface area contributed by atoms with E-state index < -0.39 is 0 Å². The van der Waals surface area contributed by atoms with Crippen LogP contribution < -0.4 is 0 Å². The van der Waals surface area contributed by atoms with E-state index in [9.17, 15) is 0 Å². The van der Waals surface area contributed by atoms with Gasteiger partial charge in [-0.25, -0.2) is 0 Å². The highest BCUT2D eigenvalue weighted by molar-refractivity contribution is 5.88. The van der Waals surface area contributed by atoms with Crippen molar-refractivity contribution in [2.45, 2.75) is 0 Å². The van der Waals surface area contributed by atoms with Crippen molar-refractivity contribution in [1.29, 1.82) is 0 Å². The van der Waals surface area contributed by atoms with Gasteiger partial charge in [-0.3, -0.25) is 0 Å². The zero-order valence-electron chi connectivity index (χ0n) is 7.16. The van der Waals surface area contributed by atoms with Crippen LogP contribution in [0.3, 0.4) is 0 Å². The first-order chi connectivity index (χ1) is 6.92. The Hall–Kier alpha value is -2.17. The summed E-state index contributed by atoms with van der Waals surface area (Å²) in [5, 5.41) is 18.6. The normalized spacial score (nSPS) is 10.9. The molecular formula is C9H7N3O2. The molecule has 1 aromatic carbocycles. The molecule has 5 heteroatoms. The zero-order valence-corrected chi connectivity index (χ0v) is 7.16. The Morgan fingerprint density at radius 1 is 1.36 bits per heavy atom. The van der Waals surface area contributed by atoms with Crippen LogP contribution in [0.4, 0.5) is 0 Å². The van der Waals surface area contributed by atoms with Crippen LogP contribution in [0.1, 0.15) is 5.56 Å². The summed E-state index contributed by atoms with van der Waals surface area (Å²) >= 11 is 0. The van der Waals surface area contributed by atoms with Gasteiger partial charge in [0.2, 0.25) is 0 Å². The third-order valence-corrected chi connectivity index (χ3v) is 1.79. The number of hydrogen-bond donors (Lipinski definition) is 1. The molecule has 0 aliphatic rings. The molecule has 0 radical (unpaired) electrons. The first kappa shape index (κ1) is 8.43. The number of oxime groups is 1. The first-order valence-corrected chi connectivity index (χ1v) is 3.95. The third kappa shape index (κ3) is 1.47. The fourth-order valence-electron chi connectivity index (χ4n) is 1.19. The molecule has 0 bridgehead atoms. The summed E-state index contributed by atoms with van der Waals surface area (Å²) in [5.41, 5.74) is 2.18. The SMILES string of the molecule is ON=Cc1ccccc1-c1conn1. The summed E-state index contributed by atoms with van der Waals surface area (Å²) < 4.78 is 4.63. The molecule has 2 aromatic rings. The van der Waals surface area contributed by atoms with E-state index in [2.05, 4.69) is 20.0 Å². The highest BCUT2D eigenvalue weighted by atomic mass is 16.5. The molecular weight excluding hydrogens is 182 g/mol. The largest absolute Gasteiger partial charge is 0.411 e. The van der Waals surface area contributed by atoms with E-state index in [0.29, 0.717) is 5.69 Å². The number of aromatic nitrogens is 2. The van der Waals surface area contributed by atoms with Gasteiger partial charge in [0, 0.05) is 16.4 Å². The van der Waals surface area contributed by atoms with Crippen molar-refractivity contribution in [1.82, 2.24) is 10.4 Å².